The zero-order chi connectivity index (χ0) is 18.0. The van der Waals surface area contributed by atoms with E-state index in [-0.39, 0.29) is 17.8 Å². The minimum absolute atomic E-state index is 0.0307. The average molecular weight is 345 g/mol. The van der Waals surface area contributed by atoms with E-state index < -0.39 is 0 Å². The lowest BCUT2D eigenvalue weighted by molar-refractivity contribution is 0.0739. The van der Waals surface area contributed by atoms with Crippen LogP contribution in [0.25, 0.3) is 0 Å². The fraction of sp³-hybridized carbons (Fsp3) is 0.500. The Morgan fingerprint density at radius 2 is 2.00 bits per heavy atom. The second kappa shape index (κ2) is 7.21. The summed E-state index contributed by atoms with van der Waals surface area (Å²) < 4.78 is 14.9. The van der Waals surface area contributed by atoms with Crippen LogP contribution in [0.5, 0.6) is 0 Å². The first kappa shape index (κ1) is 17.4. The molecule has 0 aromatic carbocycles. The number of aryl methyl sites for hydroxylation is 1. The second-order valence-electron chi connectivity index (χ2n) is 6.49. The van der Waals surface area contributed by atoms with Crippen molar-refractivity contribution in [2.45, 2.75) is 33.2 Å². The smallest absolute Gasteiger partial charge is 0.274 e. The molecule has 0 N–H and O–H groups in total. The zero-order valence-corrected chi connectivity index (χ0v) is 14.9. The molecular formula is C18H24FN5O. The number of anilines is 1. The molecule has 134 valence electrons. The Labute approximate surface area is 147 Å². The van der Waals surface area contributed by atoms with Crippen LogP contribution < -0.4 is 4.90 Å². The van der Waals surface area contributed by atoms with Gasteiger partial charge in [-0.1, -0.05) is 6.92 Å². The average Bonchev–Trinajstić information content (AvgIpc) is 3.03. The van der Waals surface area contributed by atoms with Crippen molar-refractivity contribution in [3.63, 3.8) is 0 Å². The van der Waals surface area contributed by atoms with Crippen LogP contribution in [0.1, 0.15) is 42.5 Å². The van der Waals surface area contributed by atoms with Crippen LogP contribution in [-0.4, -0.2) is 51.8 Å². The van der Waals surface area contributed by atoms with Gasteiger partial charge in [-0.3, -0.25) is 9.48 Å². The normalized spacial score (nSPS) is 16.2. The molecule has 1 amide bonds. The van der Waals surface area contributed by atoms with Gasteiger partial charge in [-0.05, 0) is 38.5 Å². The first-order valence-electron chi connectivity index (χ1n) is 8.71. The molecule has 2 aromatic rings. The van der Waals surface area contributed by atoms with Crippen molar-refractivity contribution >= 4 is 11.7 Å². The Hall–Kier alpha value is -2.44. The molecule has 1 fully saturated rings. The summed E-state index contributed by atoms with van der Waals surface area (Å²) in [7, 11) is 0. The van der Waals surface area contributed by atoms with Crippen molar-refractivity contribution in [2.24, 2.45) is 0 Å². The number of halogens is 1. The van der Waals surface area contributed by atoms with E-state index in [0.29, 0.717) is 31.9 Å². The standard InChI is InChI=1S/C18H24FN5O/c1-4-13(2)24-14(3)11-16(21-24)18(25)23-9-7-22(8-10-23)17-6-5-15(19)12-20-17/h5-6,11-13H,4,7-10H2,1-3H3/t13-/m0/s1. The molecular weight excluding hydrogens is 321 g/mol. The molecule has 3 rings (SSSR count). The number of pyridine rings is 1. The number of amides is 1. The SMILES string of the molecule is CC[C@H](C)n1nc(C(=O)N2CCN(c3ccc(F)cn3)CC2)cc1C. The molecule has 25 heavy (non-hydrogen) atoms. The Balaban J connectivity index is 1.64. The van der Waals surface area contributed by atoms with Crippen LogP contribution in [0.15, 0.2) is 24.4 Å². The molecule has 0 saturated carbocycles. The number of hydrogen-bond acceptors (Lipinski definition) is 4. The molecule has 1 aliphatic heterocycles. The Morgan fingerprint density at radius 3 is 2.60 bits per heavy atom. The summed E-state index contributed by atoms with van der Waals surface area (Å²) in [6.07, 6.45) is 2.19. The van der Waals surface area contributed by atoms with E-state index in [1.54, 1.807) is 6.07 Å². The van der Waals surface area contributed by atoms with Crippen LogP contribution in [0.2, 0.25) is 0 Å². The topological polar surface area (TPSA) is 54.3 Å². The Bertz CT molecular complexity index is 734. The van der Waals surface area contributed by atoms with Crippen LogP contribution in [0, 0.1) is 12.7 Å². The molecule has 7 heteroatoms. The van der Waals surface area contributed by atoms with Gasteiger partial charge in [0, 0.05) is 37.9 Å². The van der Waals surface area contributed by atoms with E-state index in [1.807, 2.05) is 22.6 Å². The first-order chi connectivity index (χ1) is 12.0. The van der Waals surface area contributed by atoms with Crippen molar-refractivity contribution in [3.05, 3.63) is 41.6 Å². The molecule has 6 nitrogen and oxygen atoms in total. The van der Waals surface area contributed by atoms with E-state index >= 15 is 0 Å². The summed E-state index contributed by atoms with van der Waals surface area (Å²) in [5.41, 5.74) is 1.51. The summed E-state index contributed by atoms with van der Waals surface area (Å²) in [6.45, 7) is 8.75. The van der Waals surface area contributed by atoms with Crippen molar-refractivity contribution in [3.8, 4) is 0 Å². The third-order valence-corrected chi connectivity index (χ3v) is 4.75. The van der Waals surface area contributed by atoms with Gasteiger partial charge in [0.1, 0.15) is 11.6 Å². The maximum absolute atomic E-state index is 13.0. The van der Waals surface area contributed by atoms with Gasteiger partial charge in [0.15, 0.2) is 5.69 Å². The van der Waals surface area contributed by atoms with E-state index in [1.165, 1.54) is 12.3 Å². The molecule has 0 bridgehead atoms. The third kappa shape index (κ3) is 3.65. The highest BCUT2D eigenvalue weighted by molar-refractivity contribution is 5.92. The highest BCUT2D eigenvalue weighted by atomic mass is 19.1. The minimum Gasteiger partial charge on any atom is -0.353 e. The van der Waals surface area contributed by atoms with Gasteiger partial charge >= 0.3 is 0 Å². The molecule has 2 aromatic heterocycles. The number of nitrogens with zero attached hydrogens (tertiary/aromatic N) is 5. The molecule has 0 spiro atoms. The predicted molar refractivity (Wildman–Crippen MR) is 94.3 cm³/mol. The Kier molecular flexibility index (Phi) is 5.01. The molecule has 1 aliphatic rings. The summed E-state index contributed by atoms with van der Waals surface area (Å²) in [5, 5.41) is 4.50. The van der Waals surface area contributed by atoms with Crippen molar-refractivity contribution in [2.75, 3.05) is 31.1 Å². The number of aromatic nitrogens is 3. The lowest BCUT2D eigenvalue weighted by Crippen LogP contribution is -2.49. The molecule has 1 saturated heterocycles. The minimum atomic E-state index is -0.343. The van der Waals surface area contributed by atoms with Crippen LogP contribution >= 0.6 is 0 Å². The summed E-state index contributed by atoms with van der Waals surface area (Å²) in [5.74, 6) is 0.368. The van der Waals surface area contributed by atoms with Gasteiger partial charge in [-0.15, -0.1) is 0 Å². The highest BCUT2D eigenvalue weighted by Crippen LogP contribution is 2.17. The summed E-state index contributed by atoms with van der Waals surface area (Å²) in [6, 6.07) is 5.22. The fourth-order valence-corrected chi connectivity index (χ4v) is 3.07. The lowest BCUT2D eigenvalue weighted by Gasteiger charge is -2.35. The third-order valence-electron chi connectivity index (χ3n) is 4.75. The fourth-order valence-electron chi connectivity index (χ4n) is 3.07. The summed E-state index contributed by atoms with van der Waals surface area (Å²) >= 11 is 0. The number of rotatable bonds is 4. The van der Waals surface area contributed by atoms with Gasteiger partial charge in [-0.25, -0.2) is 9.37 Å². The van der Waals surface area contributed by atoms with Crippen molar-refractivity contribution < 1.29 is 9.18 Å². The second-order valence-corrected chi connectivity index (χ2v) is 6.49. The first-order valence-corrected chi connectivity index (χ1v) is 8.71. The quantitative estimate of drug-likeness (QED) is 0.855. The van der Waals surface area contributed by atoms with Gasteiger partial charge < -0.3 is 9.80 Å². The van der Waals surface area contributed by atoms with Crippen molar-refractivity contribution in [1.29, 1.82) is 0 Å². The molecule has 0 unspecified atom stereocenters. The number of carbonyl (C=O) groups is 1. The highest BCUT2D eigenvalue weighted by Gasteiger charge is 2.25. The largest absolute Gasteiger partial charge is 0.353 e. The van der Waals surface area contributed by atoms with Gasteiger partial charge in [0.25, 0.3) is 5.91 Å². The lowest BCUT2D eigenvalue weighted by atomic mass is 10.2. The Morgan fingerprint density at radius 1 is 1.28 bits per heavy atom. The van der Waals surface area contributed by atoms with E-state index in [4.69, 9.17) is 0 Å². The molecule has 3 heterocycles. The summed E-state index contributed by atoms with van der Waals surface area (Å²) in [4.78, 5) is 20.7. The van der Waals surface area contributed by atoms with Crippen LogP contribution in [-0.2, 0) is 0 Å². The van der Waals surface area contributed by atoms with Gasteiger partial charge in [0.2, 0.25) is 0 Å². The van der Waals surface area contributed by atoms with Crippen molar-refractivity contribution in [1.82, 2.24) is 19.7 Å². The molecule has 0 aliphatic carbocycles. The monoisotopic (exact) mass is 345 g/mol. The number of hydrogen-bond donors (Lipinski definition) is 0. The molecule has 1 atom stereocenters. The maximum atomic E-state index is 13.0. The molecule has 0 radical (unpaired) electrons. The van der Waals surface area contributed by atoms with E-state index in [2.05, 4.69) is 28.8 Å². The number of piperazine rings is 1. The maximum Gasteiger partial charge on any atom is 0.274 e. The number of carbonyl (C=O) groups excluding carboxylic acids is 1. The van der Waals surface area contributed by atoms with Crippen LogP contribution in [0.3, 0.4) is 0 Å². The van der Waals surface area contributed by atoms with Crippen LogP contribution in [0.4, 0.5) is 10.2 Å². The van der Waals surface area contributed by atoms with Gasteiger partial charge in [-0.2, -0.15) is 5.10 Å². The van der Waals surface area contributed by atoms with Gasteiger partial charge in [0.05, 0.1) is 6.20 Å². The predicted octanol–water partition coefficient (Wildman–Crippen LogP) is 2.66. The zero-order valence-electron chi connectivity index (χ0n) is 14.9. The van der Waals surface area contributed by atoms with E-state index in [9.17, 15) is 9.18 Å². The van der Waals surface area contributed by atoms with E-state index in [0.717, 1.165) is 17.9 Å².